The Morgan fingerprint density at radius 3 is 2.36 bits per heavy atom. The summed E-state index contributed by atoms with van der Waals surface area (Å²) < 4.78 is 0. The molecule has 2 aromatic rings. The molecule has 14 heavy (non-hydrogen) atoms. The monoisotopic (exact) mass is 200 g/mol. The molecule has 0 unspecified atom stereocenters. The summed E-state index contributed by atoms with van der Waals surface area (Å²) in [5, 5.41) is 2.10. The Balaban J connectivity index is 2.36. The summed E-state index contributed by atoms with van der Waals surface area (Å²) in [5.74, 6) is 0. The number of hydrogen-bond acceptors (Lipinski definition) is 1. The Labute approximate surface area is 88.5 Å². The normalized spacial score (nSPS) is 10.1. The van der Waals surface area contributed by atoms with Crippen LogP contribution in [-0.2, 0) is 0 Å². The molecule has 0 amide bonds. The van der Waals surface area contributed by atoms with E-state index in [1.807, 2.05) is 6.92 Å². The zero-order chi connectivity index (χ0) is 9.97. The Hall–Kier alpha value is -1.34. The molecule has 0 radical (unpaired) electrons. The summed E-state index contributed by atoms with van der Waals surface area (Å²) >= 11 is 1.77. The Morgan fingerprint density at radius 1 is 1.14 bits per heavy atom. The summed E-state index contributed by atoms with van der Waals surface area (Å²) in [6.07, 6.45) is 0. The molecule has 70 valence electrons. The fourth-order valence-corrected chi connectivity index (χ4v) is 2.09. The molecule has 0 aliphatic carbocycles. The van der Waals surface area contributed by atoms with Crippen LogP contribution < -0.4 is 0 Å². The number of allylic oxidation sites excluding steroid dienone is 1. The summed E-state index contributed by atoms with van der Waals surface area (Å²) in [7, 11) is 0. The van der Waals surface area contributed by atoms with Crippen LogP contribution in [0, 0.1) is 0 Å². The van der Waals surface area contributed by atoms with Crippen molar-refractivity contribution in [2.75, 3.05) is 0 Å². The molecule has 0 saturated heterocycles. The van der Waals surface area contributed by atoms with Crippen LogP contribution in [0.25, 0.3) is 16.0 Å². The van der Waals surface area contributed by atoms with Crippen molar-refractivity contribution in [3.63, 3.8) is 0 Å². The second-order valence-electron chi connectivity index (χ2n) is 3.33. The first-order valence-corrected chi connectivity index (χ1v) is 5.45. The molecule has 2 rings (SSSR count). The summed E-state index contributed by atoms with van der Waals surface area (Å²) in [6.45, 7) is 5.95. The van der Waals surface area contributed by atoms with E-state index in [-0.39, 0.29) is 0 Å². The van der Waals surface area contributed by atoms with Crippen LogP contribution in [0.15, 0.2) is 48.4 Å². The molecule has 0 nitrogen and oxygen atoms in total. The van der Waals surface area contributed by atoms with Crippen LogP contribution in [0.4, 0.5) is 0 Å². The Kier molecular flexibility index (Phi) is 2.51. The summed E-state index contributed by atoms with van der Waals surface area (Å²) in [6, 6.07) is 12.8. The van der Waals surface area contributed by atoms with Crippen molar-refractivity contribution in [2.24, 2.45) is 0 Å². The lowest BCUT2D eigenvalue weighted by Crippen LogP contribution is -1.77. The minimum Gasteiger partial charge on any atom is -0.144 e. The van der Waals surface area contributed by atoms with Crippen LogP contribution in [-0.4, -0.2) is 0 Å². The maximum Gasteiger partial charge on any atom is 0.0342 e. The van der Waals surface area contributed by atoms with Gasteiger partial charge in [0.2, 0.25) is 0 Å². The highest BCUT2D eigenvalue weighted by molar-refractivity contribution is 7.13. The van der Waals surface area contributed by atoms with Gasteiger partial charge in [0.1, 0.15) is 0 Å². The van der Waals surface area contributed by atoms with Gasteiger partial charge in [0.05, 0.1) is 0 Å². The van der Waals surface area contributed by atoms with Crippen molar-refractivity contribution >= 4 is 16.9 Å². The van der Waals surface area contributed by atoms with Gasteiger partial charge in [0.15, 0.2) is 0 Å². The van der Waals surface area contributed by atoms with E-state index in [0.717, 1.165) is 5.57 Å². The van der Waals surface area contributed by atoms with E-state index in [1.165, 1.54) is 16.0 Å². The van der Waals surface area contributed by atoms with Gasteiger partial charge in [-0.1, -0.05) is 42.5 Å². The lowest BCUT2D eigenvalue weighted by molar-refractivity contribution is 1.58. The second kappa shape index (κ2) is 3.81. The predicted octanol–water partition coefficient (Wildman–Crippen LogP) is 4.45. The maximum absolute atomic E-state index is 3.92. The first-order chi connectivity index (χ1) is 6.77. The summed E-state index contributed by atoms with van der Waals surface area (Å²) in [5.41, 5.74) is 3.61. The molecule has 0 bridgehead atoms. The van der Waals surface area contributed by atoms with E-state index in [2.05, 4.69) is 48.4 Å². The highest BCUT2D eigenvalue weighted by atomic mass is 32.1. The molecule has 0 aliphatic rings. The van der Waals surface area contributed by atoms with Gasteiger partial charge in [-0.25, -0.2) is 0 Å². The first-order valence-electron chi connectivity index (χ1n) is 4.57. The first kappa shape index (κ1) is 9.22. The molecule has 1 heterocycles. The largest absolute Gasteiger partial charge is 0.144 e. The van der Waals surface area contributed by atoms with Crippen molar-refractivity contribution in [3.8, 4) is 10.4 Å². The third-order valence-electron chi connectivity index (χ3n) is 2.18. The minimum atomic E-state index is 1.11. The fourth-order valence-electron chi connectivity index (χ4n) is 1.36. The van der Waals surface area contributed by atoms with Crippen molar-refractivity contribution in [3.05, 3.63) is 53.9 Å². The van der Waals surface area contributed by atoms with Gasteiger partial charge in [-0.05, 0) is 29.5 Å². The number of benzene rings is 1. The average Bonchev–Trinajstić information content (AvgIpc) is 2.71. The Morgan fingerprint density at radius 2 is 1.86 bits per heavy atom. The van der Waals surface area contributed by atoms with Crippen LogP contribution in [0.5, 0.6) is 0 Å². The SMILES string of the molecule is C=C(C)c1ccc(-c2cccs2)cc1. The zero-order valence-corrected chi connectivity index (χ0v) is 8.97. The van der Waals surface area contributed by atoms with Gasteiger partial charge in [-0.2, -0.15) is 0 Å². The van der Waals surface area contributed by atoms with Crippen LogP contribution >= 0.6 is 11.3 Å². The van der Waals surface area contributed by atoms with Crippen LogP contribution in [0.3, 0.4) is 0 Å². The van der Waals surface area contributed by atoms with Gasteiger partial charge >= 0.3 is 0 Å². The summed E-state index contributed by atoms with van der Waals surface area (Å²) in [4.78, 5) is 1.32. The smallest absolute Gasteiger partial charge is 0.0342 e. The molecular weight excluding hydrogens is 188 g/mol. The molecule has 0 aliphatic heterocycles. The van der Waals surface area contributed by atoms with E-state index >= 15 is 0 Å². The molecule has 0 atom stereocenters. The van der Waals surface area contributed by atoms with Gasteiger partial charge in [-0.15, -0.1) is 11.3 Å². The van der Waals surface area contributed by atoms with E-state index in [4.69, 9.17) is 0 Å². The molecule has 1 aromatic heterocycles. The van der Waals surface area contributed by atoms with E-state index in [9.17, 15) is 0 Å². The fraction of sp³-hybridized carbons (Fsp3) is 0.0769. The Bertz CT molecular complexity index is 421. The molecular formula is C13H12S. The highest BCUT2D eigenvalue weighted by Gasteiger charge is 1.98. The van der Waals surface area contributed by atoms with E-state index in [1.54, 1.807) is 11.3 Å². The molecule has 0 saturated carbocycles. The maximum atomic E-state index is 3.92. The van der Waals surface area contributed by atoms with Gasteiger partial charge in [-0.3, -0.25) is 0 Å². The lowest BCUT2D eigenvalue weighted by Gasteiger charge is -2.01. The van der Waals surface area contributed by atoms with Crippen LogP contribution in [0.2, 0.25) is 0 Å². The van der Waals surface area contributed by atoms with Gasteiger partial charge in [0, 0.05) is 4.88 Å². The third kappa shape index (κ3) is 1.78. The third-order valence-corrected chi connectivity index (χ3v) is 3.10. The van der Waals surface area contributed by atoms with E-state index in [0.29, 0.717) is 0 Å². The minimum absolute atomic E-state index is 1.11. The van der Waals surface area contributed by atoms with Crippen molar-refractivity contribution in [1.29, 1.82) is 0 Å². The zero-order valence-electron chi connectivity index (χ0n) is 8.16. The average molecular weight is 200 g/mol. The van der Waals surface area contributed by atoms with Crippen molar-refractivity contribution < 1.29 is 0 Å². The van der Waals surface area contributed by atoms with Gasteiger partial charge < -0.3 is 0 Å². The lowest BCUT2D eigenvalue weighted by atomic mass is 10.1. The van der Waals surface area contributed by atoms with Crippen molar-refractivity contribution in [2.45, 2.75) is 6.92 Å². The van der Waals surface area contributed by atoms with Gasteiger partial charge in [0.25, 0.3) is 0 Å². The van der Waals surface area contributed by atoms with E-state index < -0.39 is 0 Å². The standard InChI is InChI=1S/C13H12S/c1-10(2)11-5-7-12(8-6-11)13-4-3-9-14-13/h3-9H,1H2,2H3. The number of thiophene rings is 1. The topological polar surface area (TPSA) is 0 Å². The molecule has 1 aromatic carbocycles. The highest BCUT2D eigenvalue weighted by Crippen LogP contribution is 2.25. The van der Waals surface area contributed by atoms with Crippen LogP contribution in [0.1, 0.15) is 12.5 Å². The molecule has 1 heteroatoms. The second-order valence-corrected chi connectivity index (χ2v) is 4.28. The number of hydrogen-bond donors (Lipinski definition) is 0. The number of rotatable bonds is 2. The molecule has 0 N–H and O–H groups in total. The van der Waals surface area contributed by atoms with Crippen molar-refractivity contribution in [1.82, 2.24) is 0 Å². The molecule has 0 spiro atoms. The molecule has 0 fully saturated rings. The quantitative estimate of drug-likeness (QED) is 0.672. The predicted molar refractivity (Wildman–Crippen MR) is 64.5 cm³/mol.